The van der Waals surface area contributed by atoms with Crippen molar-refractivity contribution in [3.63, 3.8) is 0 Å². The van der Waals surface area contributed by atoms with Crippen molar-refractivity contribution in [2.45, 2.75) is 12.5 Å². The first-order valence-corrected chi connectivity index (χ1v) is 3.54. The van der Waals surface area contributed by atoms with E-state index in [4.69, 9.17) is 10.4 Å². The summed E-state index contributed by atoms with van der Waals surface area (Å²) in [4.78, 5) is 0. The monoisotopic (exact) mass is 165 g/mol. The lowest BCUT2D eigenvalue weighted by Crippen LogP contribution is -2.06. The van der Waals surface area contributed by atoms with Gasteiger partial charge in [-0.25, -0.2) is 4.39 Å². The molecule has 0 amide bonds. The Labute approximate surface area is 69.9 Å². The Hall–Kier alpha value is -1.40. The zero-order chi connectivity index (χ0) is 8.97. The van der Waals surface area contributed by atoms with E-state index in [0.29, 0.717) is 5.56 Å². The predicted molar refractivity (Wildman–Crippen MR) is 41.7 cm³/mol. The number of aliphatic hydroxyl groups is 1. The van der Waals surface area contributed by atoms with Crippen molar-refractivity contribution >= 4 is 0 Å². The van der Waals surface area contributed by atoms with Gasteiger partial charge in [0, 0.05) is 6.42 Å². The number of aliphatic hydroxyl groups excluding tert-OH is 1. The fraction of sp³-hybridized carbons (Fsp3) is 0.222. The van der Waals surface area contributed by atoms with E-state index in [1.165, 1.54) is 12.1 Å². The van der Waals surface area contributed by atoms with Gasteiger partial charge in [-0.05, 0) is 17.7 Å². The SMILES string of the molecule is N#C[C@H](O)Cc1cccc(F)c1. The Morgan fingerprint density at radius 1 is 1.58 bits per heavy atom. The molecule has 0 heterocycles. The summed E-state index contributed by atoms with van der Waals surface area (Å²) in [5, 5.41) is 17.2. The van der Waals surface area contributed by atoms with Gasteiger partial charge in [0.25, 0.3) is 0 Å². The van der Waals surface area contributed by atoms with E-state index in [2.05, 4.69) is 0 Å². The Bertz CT molecular complexity index is 306. The van der Waals surface area contributed by atoms with Crippen molar-refractivity contribution in [2.75, 3.05) is 0 Å². The number of hydrogen-bond donors (Lipinski definition) is 1. The number of benzene rings is 1. The molecule has 0 saturated heterocycles. The molecule has 0 unspecified atom stereocenters. The van der Waals surface area contributed by atoms with Gasteiger partial charge in [-0.3, -0.25) is 0 Å². The molecule has 0 bridgehead atoms. The quantitative estimate of drug-likeness (QED) is 0.670. The van der Waals surface area contributed by atoms with Gasteiger partial charge in [0.05, 0.1) is 6.07 Å². The molecule has 0 radical (unpaired) electrons. The molecule has 0 aliphatic carbocycles. The minimum atomic E-state index is -1.05. The van der Waals surface area contributed by atoms with Crippen LogP contribution < -0.4 is 0 Å². The van der Waals surface area contributed by atoms with Crippen molar-refractivity contribution < 1.29 is 9.50 Å². The molecule has 0 saturated carbocycles. The molecular formula is C9H8FNO. The summed E-state index contributed by atoms with van der Waals surface area (Å²) in [6.07, 6.45) is -0.874. The Kier molecular flexibility index (Phi) is 2.78. The third-order valence-corrected chi connectivity index (χ3v) is 1.47. The Morgan fingerprint density at radius 3 is 2.92 bits per heavy atom. The highest BCUT2D eigenvalue weighted by Gasteiger charge is 2.03. The molecule has 62 valence electrons. The summed E-state index contributed by atoms with van der Waals surface area (Å²) in [6, 6.07) is 7.51. The third-order valence-electron chi connectivity index (χ3n) is 1.47. The van der Waals surface area contributed by atoms with Gasteiger partial charge in [-0.15, -0.1) is 0 Å². The van der Waals surface area contributed by atoms with Gasteiger partial charge >= 0.3 is 0 Å². The maximum atomic E-state index is 12.6. The molecule has 1 aromatic carbocycles. The van der Waals surface area contributed by atoms with Crippen LogP contribution in [-0.4, -0.2) is 11.2 Å². The topological polar surface area (TPSA) is 44.0 Å². The average Bonchev–Trinajstić information content (AvgIpc) is 2.04. The normalized spacial score (nSPS) is 12.1. The summed E-state index contributed by atoms with van der Waals surface area (Å²) >= 11 is 0. The van der Waals surface area contributed by atoms with Crippen LogP contribution in [0.1, 0.15) is 5.56 Å². The lowest BCUT2D eigenvalue weighted by Gasteiger charge is -2.00. The van der Waals surface area contributed by atoms with Crippen LogP contribution in [0.3, 0.4) is 0 Å². The van der Waals surface area contributed by atoms with E-state index < -0.39 is 6.10 Å². The number of rotatable bonds is 2. The number of nitrogens with zero attached hydrogens (tertiary/aromatic N) is 1. The van der Waals surface area contributed by atoms with Crippen molar-refractivity contribution in [3.05, 3.63) is 35.6 Å². The van der Waals surface area contributed by atoms with Crippen LogP contribution in [0.15, 0.2) is 24.3 Å². The van der Waals surface area contributed by atoms with Crippen LogP contribution in [-0.2, 0) is 6.42 Å². The molecule has 1 atom stereocenters. The van der Waals surface area contributed by atoms with Gasteiger partial charge in [0.15, 0.2) is 0 Å². The zero-order valence-electron chi connectivity index (χ0n) is 6.37. The molecule has 0 spiro atoms. The summed E-state index contributed by atoms with van der Waals surface area (Å²) < 4.78 is 12.6. The molecule has 1 rings (SSSR count). The first kappa shape index (κ1) is 8.69. The molecule has 3 heteroatoms. The molecular weight excluding hydrogens is 157 g/mol. The van der Waals surface area contributed by atoms with Crippen LogP contribution >= 0.6 is 0 Å². The molecule has 12 heavy (non-hydrogen) atoms. The van der Waals surface area contributed by atoms with Crippen molar-refractivity contribution in [1.82, 2.24) is 0 Å². The van der Waals surface area contributed by atoms with Crippen LogP contribution in [0, 0.1) is 17.1 Å². The zero-order valence-corrected chi connectivity index (χ0v) is 6.37. The maximum Gasteiger partial charge on any atom is 0.144 e. The van der Waals surface area contributed by atoms with Crippen molar-refractivity contribution in [3.8, 4) is 6.07 Å². The molecule has 0 fully saturated rings. The molecule has 1 N–H and O–H groups in total. The van der Waals surface area contributed by atoms with Crippen LogP contribution in [0.4, 0.5) is 4.39 Å². The van der Waals surface area contributed by atoms with E-state index >= 15 is 0 Å². The Morgan fingerprint density at radius 2 is 2.33 bits per heavy atom. The summed E-state index contributed by atoms with van der Waals surface area (Å²) in [5.41, 5.74) is 0.629. The van der Waals surface area contributed by atoms with Gasteiger partial charge in [0.1, 0.15) is 11.9 Å². The highest BCUT2D eigenvalue weighted by atomic mass is 19.1. The maximum absolute atomic E-state index is 12.6. The van der Waals surface area contributed by atoms with E-state index in [1.54, 1.807) is 18.2 Å². The number of nitriles is 1. The second-order valence-corrected chi connectivity index (χ2v) is 2.48. The third kappa shape index (κ3) is 2.33. The second-order valence-electron chi connectivity index (χ2n) is 2.48. The molecule has 0 aromatic heterocycles. The smallest absolute Gasteiger partial charge is 0.144 e. The predicted octanol–water partition coefficient (Wildman–Crippen LogP) is 1.25. The minimum Gasteiger partial charge on any atom is -0.378 e. The standard InChI is InChI=1S/C9H8FNO/c10-8-3-1-2-7(4-8)5-9(12)6-11/h1-4,9,12H,5H2/t9-/m1/s1. The van der Waals surface area contributed by atoms with Gasteiger partial charge in [-0.2, -0.15) is 5.26 Å². The van der Waals surface area contributed by atoms with Crippen LogP contribution in [0.25, 0.3) is 0 Å². The van der Waals surface area contributed by atoms with Crippen molar-refractivity contribution in [2.24, 2.45) is 0 Å². The first-order valence-electron chi connectivity index (χ1n) is 3.54. The average molecular weight is 165 g/mol. The lowest BCUT2D eigenvalue weighted by molar-refractivity contribution is 0.231. The van der Waals surface area contributed by atoms with Crippen LogP contribution in [0.2, 0.25) is 0 Å². The first-order chi connectivity index (χ1) is 5.72. The van der Waals surface area contributed by atoms with Crippen molar-refractivity contribution in [1.29, 1.82) is 5.26 Å². The highest BCUT2D eigenvalue weighted by molar-refractivity contribution is 5.18. The van der Waals surface area contributed by atoms with Gasteiger partial charge in [0.2, 0.25) is 0 Å². The number of halogens is 1. The minimum absolute atomic E-state index is 0.175. The van der Waals surface area contributed by atoms with E-state index in [1.807, 2.05) is 0 Å². The van der Waals surface area contributed by atoms with Gasteiger partial charge < -0.3 is 5.11 Å². The summed E-state index contributed by atoms with van der Waals surface area (Å²) in [7, 11) is 0. The van der Waals surface area contributed by atoms with Crippen LogP contribution in [0.5, 0.6) is 0 Å². The fourth-order valence-corrected chi connectivity index (χ4v) is 0.933. The fourth-order valence-electron chi connectivity index (χ4n) is 0.933. The van der Waals surface area contributed by atoms with E-state index in [-0.39, 0.29) is 12.2 Å². The molecule has 0 aliphatic heterocycles. The highest BCUT2D eigenvalue weighted by Crippen LogP contribution is 2.05. The lowest BCUT2D eigenvalue weighted by atomic mass is 10.1. The second kappa shape index (κ2) is 3.84. The van der Waals surface area contributed by atoms with E-state index in [0.717, 1.165) is 0 Å². The molecule has 1 aromatic rings. The largest absolute Gasteiger partial charge is 0.378 e. The summed E-state index contributed by atoms with van der Waals surface area (Å²) in [6.45, 7) is 0. The van der Waals surface area contributed by atoms with Gasteiger partial charge in [-0.1, -0.05) is 12.1 Å². The summed E-state index contributed by atoms with van der Waals surface area (Å²) in [5.74, 6) is -0.349. The molecule has 2 nitrogen and oxygen atoms in total. The Balaban J connectivity index is 2.71. The molecule has 0 aliphatic rings. The van der Waals surface area contributed by atoms with E-state index in [9.17, 15) is 4.39 Å². The number of hydrogen-bond acceptors (Lipinski definition) is 2.